The number of carbonyl (C=O) groups is 2. The van der Waals surface area contributed by atoms with Gasteiger partial charge in [-0.05, 0) is 24.3 Å². The molecule has 2 N–H and O–H groups in total. The largest absolute Gasteiger partial charge is 0.497 e. The van der Waals surface area contributed by atoms with Crippen LogP contribution in [0.4, 0.5) is 5.69 Å². The van der Waals surface area contributed by atoms with Crippen molar-refractivity contribution in [1.29, 1.82) is 0 Å². The maximum absolute atomic E-state index is 12.9. The highest BCUT2D eigenvalue weighted by molar-refractivity contribution is 6.10. The number of hydrogen-bond acceptors (Lipinski definition) is 5. The van der Waals surface area contributed by atoms with Crippen molar-refractivity contribution in [3.05, 3.63) is 83.9 Å². The molecule has 3 aromatic rings. The van der Waals surface area contributed by atoms with E-state index < -0.39 is 11.8 Å². The third-order valence-electron chi connectivity index (χ3n) is 3.97. The zero-order chi connectivity index (χ0) is 20.6. The first-order valence-electron chi connectivity index (χ1n) is 8.75. The number of hydrogen-bond donors (Lipinski definition) is 2. The third-order valence-corrected chi connectivity index (χ3v) is 3.97. The minimum Gasteiger partial charge on any atom is -0.497 e. The molecule has 1 aromatic heterocycles. The highest BCUT2D eigenvalue weighted by atomic mass is 16.5. The van der Waals surface area contributed by atoms with Gasteiger partial charge in [0.2, 0.25) is 0 Å². The summed E-state index contributed by atoms with van der Waals surface area (Å²) in [5.74, 6) is 0.517. The molecule has 0 atom stereocenters. The standard InChI is InChI=1S/C22H20N2O5/c1-27-18-11-16(12-19(13-18)28-2)23-22(26)20(14-17-9-6-10-29-17)24-21(25)15-7-4-3-5-8-15/h3-14H,1-2H3,(H,23,26)(H,24,25)/b20-14-. The molecule has 7 heteroatoms. The van der Waals surface area contributed by atoms with Crippen LogP contribution in [0.3, 0.4) is 0 Å². The van der Waals surface area contributed by atoms with Crippen molar-refractivity contribution >= 4 is 23.6 Å². The van der Waals surface area contributed by atoms with Crippen LogP contribution in [0, 0.1) is 0 Å². The number of amides is 2. The lowest BCUT2D eigenvalue weighted by atomic mass is 10.2. The SMILES string of the molecule is COc1cc(NC(=O)/C(=C/c2ccco2)NC(=O)c2ccccc2)cc(OC)c1. The number of benzene rings is 2. The number of anilines is 1. The first-order valence-corrected chi connectivity index (χ1v) is 8.75. The van der Waals surface area contributed by atoms with Gasteiger partial charge < -0.3 is 24.5 Å². The zero-order valence-electron chi connectivity index (χ0n) is 16.0. The Hall–Kier alpha value is -4.00. The average Bonchev–Trinajstić information content (AvgIpc) is 3.26. The molecule has 0 bridgehead atoms. The summed E-state index contributed by atoms with van der Waals surface area (Å²) in [5, 5.41) is 5.37. The van der Waals surface area contributed by atoms with E-state index >= 15 is 0 Å². The summed E-state index contributed by atoms with van der Waals surface area (Å²) in [4.78, 5) is 25.4. The third kappa shape index (κ3) is 5.26. The molecule has 0 aliphatic carbocycles. The van der Waals surface area contributed by atoms with Crippen LogP contribution in [-0.2, 0) is 4.79 Å². The Bertz CT molecular complexity index is 989. The topological polar surface area (TPSA) is 89.8 Å². The molecule has 7 nitrogen and oxygen atoms in total. The number of carbonyl (C=O) groups excluding carboxylic acids is 2. The fourth-order valence-electron chi connectivity index (χ4n) is 2.54. The Morgan fingerprint density at radius 2 is 1.62 bits per heavy atom. The fraction of sp³-hybridized carbons (Fsp3) is 0.0909. The molecule has 0 spiro atoms. The van der Waals surface area contributed by atoms with Crippen molar-refractivity contribution in [3.8, 4) is 11.5 Å². The van der Waals surface area contributed by atoms with Crippen molar-refractivity contribution in [2.24, 2.45) is 0 Å². The Labute approximate surface area is 167 Å². The molecule has 0 fully saturated rings. The van der Waals surface area contributed by atoms with E-state index in [0.717, 1.165) is 0 Å². The van der Waals surface area contributed by atoms with Gasteiger partial charge >= 0.3 is 0 Å². The number of methoxy groups -OCH3 is 2. The summed E-state index contributed by atoms with van der Waals surface area (Å²) in [7, 11) is 3.03. The molecular formula is C22H20N2O5. The van der Waals surface area contributed by atoms with Crippen LogP contribution in [0.25, 0.3) is 6.08 Å². The second-order valence-corrected chi connectivity index (χ2v) is 5.95. The lowest BCUT2D eigenvalue weighted by Crippen LogP contribution is -2.30. The number of ether oxygens (including phenoxy) is 2. The minimum absolute atomic E-state index is 0.0237. The molecule has 0 radical (unpaired) electrons. The van der Waals surface area contributed by atoms with Gasteiger partial charge in [0.25, 0.3) is 11.8 Å². The molecule has 0 saturated heterocycles. The van der Waals surface area contributed by atoms with Gasteiger partial charge in [-0.15, -0.1) is 0 Å². The van der Waals surface area contributed by atoms with E-state index in [1.165, 1.54) is 26.6 Å². The first-order chi connectivity index (χ1) is 14.1. The van der Waals surface area contributed by atoms with E-state index in [-0.39, 0.29) is 5.70 Å². The van der Waals surface area contributed by atoms with Crippen LogP contribution in [0.2, 0.25) is 0 Å². The quantitative estimate of drug-likeness (QED) is 0.599. The van der Waals surface area contributed by atoms with Crippen molar-refractivity contribution in [1.82, 2.24) is 5.32 Å². The number of rotatable bonds is 7. The smallest absolute Gasteiger partial charge is 0.272 e. The summed E-state index contributed by atoms with van der Waals surface area (Å²) in [6, 6.07) is 16.9. The molecule has 2 amide bonds. The van der Waals surface area contributed by atoms with Crippen LogP contribution in [-0.4, -0.2) is 26.0 Å². The first kappa shape index (κ1) is 19.8. The normalized spacial score (nSPS) is 10.9. The highest BCUT2D eigenvalue weighted by Crippen LogP contribution is 2.26. The van der Waals surface area contributed by atoms with Gasteiger partial charge in [-0.3, -0.25) is 9.59 Å². The van der Waals surface area contributed by atoms with Gasteiger partial charge in [0.1, 0.15) is 23.0 Å². The lowest BCUT2D eigenvalue weighted by molar-refractivity contribution is -0.113. The van der Waals surface area contributed by atoms with E-state index in [4.69, 9.17) is 13.9 Å². The van der Waals surface area contributed by atoms with E-state index in [0.29, 0.717) is 28.5 Å². The zero-order valence-corrected chi connectivity index (χ0v) is 16.0. The van der Waals surface area contributed by atoms with Gasteiger partial charge in [-0.2, -0.15) is 0 Å². The van der Waals surface area contributed by atoms with E-state index in [2.05, 4.69) is 10.6 Å². The minimum atomic E-state index is -0.527. The molecule has 29 heavy (non-hydrogen) atoms. The monoisotopic (exact) mass is 392 g/mol. The second-order valence-electron chi connectivity index (χ2n) is 5.95. The Morgan fingerprint density at radius 3 is 2.21 bits per heavy atom. The molecule has 0 saturated carbocycles. The van der Waals surface area contributed by atoms with Crippen molar-refractivity contribution < 1.29 is 23.5 Å². The van der Waals surface area contributed by atoms with E-state index in [1.54, 1.807) is 60.7 Å². The van der Waals surface area contributed by atoms with Crippen molar-refractivity contribution in [3.63, 3.8) is 0 Å². The summed E-state index contributed by atoms with van der Waals surface area (Å²) in [6.07, 6.45) is 2.93. The Balaban J connectivity index is 1.86. The maximum Gasteiger partial charge on any atom is 0.272 e. The summed E-state index contributed by atoms with van der Waals surface area (Å²) >= 11 is 0. The summed E-state index contributed by atoms with van der Waals surface area (Å²) in [6.45, 7) is 0. The molecular weight excluding hydrogens is 372 g/mol. The predicted octanol–water partition coefficient (Wildman–Crippen LogP) is 3.71. The molecule has 0 unspecified atom stereocenters. The van der Waals surface area contributed by atoms with Gasteiger partial charge in [0.15, 0.2) is 0 Å². The van der Waals surface area contributed by atoms with Gasteiger partial charge in [0, 0.05) is 35.5 Å². The van der Waals surface area contributed by atoms with Crippen LogP contribution < -0.4 is 20.1 Å². The van der Waals surface area contributed by atoms with Crippen LogP contribution in [0.5, 0.6) is 11.5 Å². The van der Waals surface area contributed by atoms with Crippen LogP contribution in [0.1, 0.15) is 16.1 Å². The molecule has 0 aliphatic heterocycles. The van der Waals surface area contributed by atoms with Gasteiger partial charge in [-0.25, -0.2) is 0 Å². The van der Waals surface area contributed by atoms with Gasteiger partial charge in [-0.1, -0.05) is 18.2 Å². The van der Waals surface area contributed by atoms with Crippen LogP contribution >= 0.6 is 0 Å². The average molecular weight is 392 g/mol. The van der Waals surface area contributed by atoms with Crippen LogP contribution in [0.15, 0.2) is 77.0 Å². The van der Waals surface area contributed by atoms with E-state index in [1.807, 2.05) is 0 Å². The molecule has 0 aliphatic rings. The summed E-state index contributed by atoms with van der Waals surface area (Å²) < 4.78 is 15.7. The van der Waals surface area contributed by atoms with Gasteiger partial charge in [0.05, 0.1) is 20.5 Å². The number of furan rings is 1. The number of nitrogens with one attached hydrogen (secondary N) is 2. The molecule has 3 rings (SSSR count). The second kappa shape index (κ2) is 9.27. The van der Waals surface area contributed by atoms with Crippen molar-refractivity contribution in [2.75, 3.05) is 19.5 Å². The van der Waals surface area contributed by atoms with E-state index in [9.17, 15) is 9.59 Å². The lowest BCUT2D eigenvalue weighted by Gasteiger charge is -2.12. The molecule has 148 valence electrons. The highest BCUT2D eigenvalue weighted by Gasteiger charge is 2.16. The molecule has 1 heterocycles. The van der Waals surface area contributed by atoms with Crippen molar-refractivity contribution in [2.45, 2.75) is 0 Å². The maximum atomic E-state index is 12.9. The Kier molecular flexibility index (Phi) is 6.32. The Morgan fingerprint density at radius 1 is 0.931 bits per heavy atom. The molecule has 2 aromatic carbocycles. The summed E-state index contributed by atoms with van der Waals surface area (Å²) in [5.41, 5.74) is 0.898. The predicted molar refractivity (Wildman–Crippen MR) is 109 cm³/mol. The fourth-order valence-corrected chi connectivity index (χ4v) is 2.54.